The first-order valence-corrected chi connectivity index (χ1v) is 16.5. The number of benzene rings is 2. The second-order valence-corrected chi connectivity index (χ2v) is 14.3. The van der Waals surface area contributed by atoms with Crippen LogP contribution in [0, 0.1) is 23.0 Å². The van der Waals surface area contributed by atoms with E-state index >= 15 is 8.78 Å². The molecule has 2 aromatic carbocycles. The summed E-state index contributed by atoms with van der Waals surface area (Å²) in [6.07, 6.45) is 1.09. The molecule has 0 radical (unpaired) electrons. The number of halogens is 3. The molecule has 3 saturated heterocycles. The molecular formula is C33H33F3N6O4S. The van der Waals surface area contributed by atoms with Crippen LogP contribution in [-0.2, 0) is 22.7 Å². The molecule has 8 rings (SSSR count). The van der Waals surface area contributed by atoms with Crippen LogP contribution in [0.4, 0.5) is 24.0 Å². The van der Waals surface area contributed by atoms with Crippen molar-refractivity contribution in [1.82, 2.24) is 14.9 Å². The van der Waals surface area contributed by atoms with Crippen LogP contribution in [0.15, 0.2) is 12.1 Å². The molecule has 0 amide bonds. The summed E-state index contributed by atoms with van der Waals surface area (Å²) < 4.78 is 64.8. The predicted octanol–water partition coefficient (Wildman–Crippen LogP) is 4.82. The molecule has 2 aromatic heterocycles. The molecule has 4 aliphatic rings. The fourth-order valence-electron chi connectivity index (χ4n) is 7.91. The van der Waals surface area contributed by atoms with Gasteiger partial charge in [0.1, 0.15) is 46.6 Å². The lowest BCUT2D eigenvalue weighted by Crippen LogP contribution is -2.44. The normalized spacial score (nSPS) is 26.1. The Bertz CT molecular complexity index is 1980. The van der Waals surface area contributed by atoms with Gasteiger partial charge < -0.3 is 30.0 Å². The van der Waals surface area contributed by atoms with Gasteiger partial charge in [-0.3, -0.25) is 4.90 Å². The van der Waals surface area contributed by atoms with Crippen molar-refractivity contribution >= 4 is 43.1 Å². The van der Waals surface area contributed by atoms with E-state index in [0.29, 0.717) is 54.0 Å². The molecular weight excluding hydrogens is 633 g/mol. The first-order chi connectivity index (χ1) is 22.6. The molecule has 10 nitrogen and oxygen atoms in total. The molecule has 246 valence electrons. The van der Waals surface area contributed by atoms with Crippen LogP contribution < -0.4 is 15.4 Å². The number of alkyl halides is 1. The Labute approximate surface area is 272 Å². The monoisotopic (exact) mass is 666 g/mol. The number of rotatable bonds is 5. The first-order valence-electron chi connectivity index (χ1n) is 15.7. The number of nitrogens with zero attached hydrogens (tertiary/aromatic N) is 5. The highest BCUT2D eigenvalue weighted by molar-refractivity contribution is 7.23. The van der Waals surface area contributed by atoms with Crippen molar-refractivity contribution in [3.05, 3.63) is 40.5 Å². The van der Waals surface area contributed by atoms with Gasteiger partial charge in [-0.05, 0) is 49.1 Å². The fraction of sp³-hybridized carbons (Fsp3) is 0.485. The molecule has 0 saturated carbocycles. The molecule has 3 atom stereocenters. The van der Waals surface area contributed by atoms with Gasteiger partial charge >= 0.3 is 6.01 Å². The van der Waals surface area contributed by atoms with Crippen molar-refractivity contribution in [3.63, 3.8) is 0 Å². The van der Waals surface area contributed by atoms with Gasteiger partial charge in [0.05, 0.1) is 54.2 Å². The summed E-state index contributed by atoms with van der Waals surface area (Å²) in [4.78, 5) is 13.4. The molecule has 0 bridgehead atoms. The lowest BCUT2D eigenvalue weighted by Gasteiger charge is -2.32. The number of thiophene rings is 1. The molecule has 0 spiro atoms. The van der Waals surface area contributed by atoms with Crippen molar-refractivity contribution in [3.8, 4) is 23.2 Å². The topological polar surface area (TPSA) is 130 Å². The van der Waals surface area contributed by atoms with Crippen LogP contribution in [0.3, 0.4) is 0 Å². The van der Waals surface area contributed by atoms with Crippen molar-refractivity contribution in [2.75, 3.05) is 56.6 Å². The number of aliphatic hydroxyl groups is 1. The maximum Gasteiger partial charge on any atom is 0.319 e. The van der Waals surface area contributed by atoms with Gasteiger partial charge in [0, 0.05) is 30.5 Å². The predicted molar refractivity (Wildman–Crippen MR) is 170 cm³/mol. The largest absolute Gasteiger partial charge is 0.461 e. The second kappa shape index (κ2) is 11.2. The molecule has 14 heteroatoms. The minimum absolute atomic E-state index is 0.0381. The van der Waals surface area contributed by atoms with Gasteiger partial charge in [-0.25, -0.2) is 13.2 Å². The summed E-state index contributed by atoms with van der Waals surface area (Å²) in [5.74, 6) is -0.905. The van der Waals surface area contributed by atoms with E-state index in [4.69, 9.17) is 24.9 Å². The van der Waals surface area contributed by atoms with Crippen molar-refractivity contribution in [2.24, 2.45) is 0 Å². The lowest BCUT2D eigenvalue weighted by atomic mass is 9.90. The van der Waals surface area contributed by atoms with E-state index in [0.717, 1.165) is 30.7 Å². The van der Waals surface area contributed by atoms with Crippen LogP contribution in [0.5, 0.6) is 6.01 Å². The first kappa shape index (κ1) is 30.6. The number of hydrogen-bond acceptors (Lipinski definition) is 11. The number of aromatic nitrogens is 2. The van der Waals surface area contributed by atoms with Crippen molar-refractivity contribution in [1.29, 1.82) is 5.26 Å². The highest BCUT2D eigenvalue weighted by Gasteiger charge is 2.49. The number of anilines is 2. The maximum atomic E-state index is 17.3. The Morgan fingerprint density at radius 3 is 2.85 bits per heavy atom. The van der Waals surface area contributed by atoms with Gasteiger partial charge in [0.25, 0.3) is 0 Å². The summed E-state index contributed by atoms with van der Waals surface area (Å²) >= 11 is 0.941. The molecule has 3 fully saturated rings. The number of ether oxygens (including phenoxy) is 3. The third kappa shape index (κ3) is 4.90. The van der Waals surface area contributed by atoms with Crippen molar-refractivity contribution in [2.45, 2.75) is 56.7 Å². The fourth-order valence-corrected chi connectivity index (χ4v) is 8.86. The summed E-state index contributed by atoms with van der Waals surface area (Å²) in [7, 11) is 0. The van der Waals surface area contributed by atoms with Gasteiger partial charge in [0.2, 0.25) is 0 Å². The van der Waals surface area contributed by atoms with Crippen LogP contribution in [0.1, 0.15) is 42.9 Å². The average molecular weight is 667 g/mol. The number of β-amino-alcohol motifs (C(OH)–C–C–N with tert-alkyl or cyclic N) is 1. The molecule has 3 N–H and O–H groups in total. The summed E-state index contributed by atoms with van der Waals surface area (Å²) in [5, 5.41) is 21.8. The number of nitrogens with two attached hydrogens (primary N) is 1. The highest BCUT2D eigenvalue weighted by atomic mass is 32.1. The van der Waals surface area contributed by atoms with E-state index in [2.05, 4.69) is 16.0 Å². The third-order valence-corrected chi connectivity index (χ3v) is 11.0. The van der Waals surface area contributed by atoms with Crippen molar-refractivity contribution < 1.29 is 32.5 Å². The number of hydrogen-bond donors (Lipinski definition) is 2. The SMILES string of the molecule is C[C@@]1(O)COCCN(c2nc(OC[C@@]34CCCN3C[C@H](F)C4)nc3c(F)c(-c4ccc(F)c5sc(N)c(C#N)c45)c4c(c23)COC4)C1. The van der Waals surface area contributed by atoms with Crippen LogP contribution >= 0.6 is 11.3 Å². The zero-order valence-corrected chi connectivity index (χ0v) is 26.6. The zero-order chi connectivity index (χ0) is 32.7. The maximum absolute atomic E-state index is 17.3. The number of nitrogen functional groups attached to an aromatic ring is 1. The standard InChI is InChI=1S/C33H33F3N6O4S/c1-32(43)14-41(7-8-44-15-32)30-25-21-13-45-12-20(21)23(18-3-4-22(35)28-24(18)19(10-37)29(38)47-28)26(36)27(25)39-31(40-30)46-16-33-5-2-6-42(33)11-17(34)9-33/h3-4,17,43H,2,5-9,11-16,38H2,1H3/t17-,32+,33+/m1/s1. The number of fused-ring (bicyclic) bond motifs is 5. The van der Waals surface area contributed by atoms with E-state index < -0.39 is 28.9 Å². The number of nitriles is 1. The molecule has 47 heavy (non-hydrogen) atoms. The Balaban J connectivity index is 1.35. The summed E-state index contributed by atoms with van der Waals surface area (Å²) in [5.41, 5.74) is 6.09. The van der Waals surface area contributed by atoms with E-state index in [9.17, 15) is 14.8 Å². The zero-order valence-electron chi connectivity index (χ0n) is 25.7. The highest BCUT2D eigenvalue weighted by Crippen LogP contribution is 2.48. The average Bonchev–Trinajstić information content (AvgIpc) is 3.78. The Hall–Kier alpha value is -3.74. The molecule has 0 unspecified atom stereocenters. The van der Waals surface area contributed by atoms with Crippen LogP contribution in [0.25, 0.3) is 32.1 Å². The minimum Gasteiger partial charge on any atom is -0.461 e. The van der Waals surface area contributed by atoms with E-state index in [1.165, 1.54) is 12.1 Å². The molecule has 6 heterocycles. The van der Waals surface area contributed by atoms with Gasteiger partial charge in [-0.2, -0.15) is 15.2 Å². The Morgan fingerprint density at radius 1 is 1.19 bits per heavy atom. The summed E-state index contributed by atoms with van der Waals surface area (Å²) in [6, 6.07) is 4.69. The Morgan fingerprint density at radius 2 is 2.02 bits per heavy atom. The van der Waals surface area contributed by atoms with Crippen LogP contribution in [0.2, 0.25) is 0 Å². The second-order valence-electron chi connectivity index (χ2n) is 13.3. The third-order valence-electron chi connectivity index (χ3n) is 9.94. The Kier molecular flexibility index (Phi) is 7.27. The van der Waals surface area contributed by atoms with E-state index in [-0.39, 0.29) is 70.7 Å². The van der Waals surface area contributed by atoms with Crippen LogP contribution in [-0.4, -0.2) is 83.3 Å². The van der Waals surface area contributed by atoms with Gasteiger partial charge in [0.15, 0.2) is 5.82 Å². The minimum atomic E-state index is -1.22. The van der Waals surface area contributed by atoms with E-state index in [1.54, 1.807) is 6.92 Å². The quantitative estimate of drug-likeness (QED) is 0.306. The smallest absolute Gasteiger partial charge is 0.319 e. The van der Waals surface area contributed by atoms with Gasteiger partial charge in [-0.15, -0.1) is 11.3 Å². The molecule has 4 aliphatic heterocycles. The lowest BCUT2D eigenvalue weighted by molar-refractivity contribution is -0.0123. The molecule has 0 aliphatic carbocycles. The van der Waals surface area contributed by atoms with Gasteiger partial charge in [-0.1, -0.05) is 6.07 Å². The molecule has 4 aromatic rings. The summed E-state index contributed by atoms with van der Waals surface area (Å²) in [6.45, 7) is 4.07. The van der Waals surface area contributed by atoms with E-state index in [1.807, 2.05) is 4.90 Å².